The van der Waals surface area contributed by atoms with Gasteiger partial charge in [0, 0.05) is 6.26 Å². The summed E-state index contributed by atoms with van der Waals surface area (Å²) in [5, 5.41) is 12.1. The summed E-state index contributed by atoms with van der Waals surface area (Å²) in [5.41, 5.74) is -0.779. The van der Waals surface area contributed by atoms with Crippen LogP contribution < -0.4 is 10.1 Å². The number of hydrogen-bond donors (Lipinski definition) is 1. The first kappa shape index (κ1) is 17.3. The van der Waals surface area contributed by atoms with E-state index in [0.29, 0.717) is 18.6 Å². The molecule has 1 N–H and O–H groups in total. The second-order valence-electron chi connectivity index (χ2n) is 5.83. The Morgan fingerprint density at radius 1 is 1.26 bits per heavy atom. The van der Waals surface area contributed by atoms with Gasteiger partial charge in [-0.15, -0.1) is 0 Å². The van der Waals surface area contributed by atoms with Gasteiger partial charge in [-0.25, -0.2) is 8.42 Å². The number of sulfone groups is 1. The second-order valence-corrected chi connectivity index (χ2v) is 7.85. The second kappa shape index (κ2) is 7.01. The Hall–Kier alpha value is -2.07. The molecule has 0 radical (unpaired) electrons. The SMILES string of the molecule is CS(=O)(=O)c1ccc(OCC(=O)NC2(C#N)CCCCC2)cc1. The molecule has 1 aliphatic carbocycles. The summed E-state index contributed by atoms with van der Waals surface area (Å²) < 4.78 is 28.1. The van der Waals surface area contributed by atoms with Crippen LogP contribution in [0.3, 0.4) is 0 Å². The van der Waals surface area contributed by atoms with Gasteiger partial charge in [0.05, 0.1) is 11.0 Å². The number of nitrogens with one attached hydrogen (secondary N) is 1. The Bertz CT molecular complexity index is 699. The molecule has 0 unspecified atom stereocenters. The molecule has 6 nitrogen and oxygen atoms in total. The van der Waals surface area contributed by atoms with E-state index in [0.717, 1.165) is 25.5 Å². The molecular weight excluding hydrogens is 316 g/mol. The Labute approximate surface area is 136 Å². The van der Waals surface area contributed by atoms with Gasteiger partial charge in [-0.2, -0.15) is 5.26 Å². The monoisotopic (exact) mass is 336 g/mol. The number of amides is 1. The van der Waals surface area contributed by atoms with Crippen LogP contribution in [0, 0.1) is 11.3 Å². The molecule has 0 aromatic heterocycles. The maximum absolute atomic E-state index is 12.0. The van der Waals surface area contributed by atoms with Crippen LogP contribution in [0.2, 0.25) is 0 Å². The molecule has 0 atom stereocenters. The zero-order valence-electron chi connectivity index (χ0n) is 13.0. The molecule has 124 valence electrons. The summed E-state index contributed by atoms with van der Waals surface area (Å²) in [6.07, 6.45) is 5.41. The number of nitrogens with zero attached hydrogens (tertiary/aromatic N) is 1. The Morgan fingerprint density at radius 2 is 1.87 bits per heavy atom. The molecule has 23 heavy (non-hydrogen) atoms. The Morgan fingerprint density at radius 3 is 2.39 bits per heavy atom. The highest BCUT2D eigenvalue weighted by Crippen LogP contribution is 2.27. The van der Waals surface area contributed by atoms with Gasteiger partial charge in [-0.3, -0.25) is 4.79 Å². The van der Waals surface area contributed by atoms with Crippen LogP contribution in [-0.2, 0) is 14.6 Å². The summed E-state index contributed by atoms with van der Waals surface area (Å²) in [4.78, 5) is 12.2. The third-order valence-corrected chi connectivity index (χ3v) is 5.05. The van der Waals surface area contributed by atoms with Crippen molar-refractivity contribution in [3.05, 3.63) is 24.3 Å². The van der Waals surface area contributed by atoms with E-state index in [4.69, 9.17) is 4.74 Å². The normalized spacial score (nSPS) is 17.0. The van der Waals surface area contributed by atoms with Crippen molar-refractivity contribution < 1.29 is 17.9 Å². The van der Waals surface area contributed by atoms with Crippen LogP contribution in [0.15, 0.2) is 29.2 Å². The van der Waals surface area contributed by atoms with Gasteiger partial charge >= 0.3 is 0 Å². The molecule has 2 rings (SSSR count). The first-order valence-electron chi connectivity index (χ1n) is 7.50. The quantitative estimate of drug-likeness (QED) is 0.884. The van der Waals surface area contributed by atoms with E-state index in [1.807, 2.05) is 0 Å². The lowest BCUT2D eigenvalue weighted by Crippen LogP contribution is -2.50. The number of rotatable bonds is 5. The van der Waals surface area contributed by atoms with E-state index in [-0.39, 0.29) is 17.4 Å². The zero-order chi connectivity index (χ0) is 16.9. The maximum atomic E-state index is 12.0. The van der Waals surface area contributed by atoms with Crippen LogP contribution in [-0.4, -0.2) is 32.7 Å². The van der Waals surface area contributed by atoms with E-state index in [2.05, 4.69) is 11.4 Å². The number of ether oxygens (including phenoxy) is 1. The van der Waals surface area contributed by atoms with Gasteiger partial charge in [-0.05, 0) is 37.1 Å². The molecule has 0 spiro atoms. The van der Waals surface area contributed by atoms with Crippen LogP contribution >= 0.6 is 0 Å². The smallest absolute Gasteiger partial charge is 0.259 e. The van der Waals surface area contributed by atoms with Gasteiger partial charge < -0.3 is 10.1 Å². The largest absolute Gasteiger partial charge is 0.484 e. The Balaban J connectivity index is 1.90. The lowest BCUT2D eigenvalue weighted by molar-refractivity contribution is -0.124. The number of benzene rings is 1. The van der Waals surface area contributed by atoms with Crippen LogP contribution in [0.4, 0.5) is 0 Å². The highest BCUT2D eigenvalue weighted by Gasteiger charge is 2.33. The van der Waals surface area contributed by atoms with Gasteiger partial charge in [-0.1, -0.05) is 19.3 Å². The summed E-state index contributed by atoms with van der Waals surface area (Å²) in [6.45, 7) is -0.207. The standard InChI is InChI=1S/C16H20N2O4S/c1-23(20,21)14-7-5-13(6-8-14)22-11-15(19)18-16(12-17)9-3-2-4-10-16/h5-8H,2-4,9-11H2,1H3,(H,18,19). The maximum Gasteiger partial charge on any atom is 0.259 e. The predicted molar refractivity (Wildman–Crippen MR) is 84.6 cm³/mol. The van der Waals surface area contributed by atoms with E-state index in [9.17, 15) is 18.5 Å². The highest BCUT2D eigenvalue weighted by atomic mass is 32.2. The van der Waals surface area contributed by atoms with Crippen molar-refractivity contribution in [2.24, 2.45) is 0 Å². The third kappa shape index (κ3) is 4.70. The molecule has 1 amide bonds. The number of hydrogen-bond acceptors (Lipinski definition) is 5. The highest BCUT2D eigenvalue weighted by molar-refractivity contribution is 7.90. The molecule has 1 fully saturated rings. The summed E-state index contributed by atoms with van der Waals surface area (Å²) in [5.74, 6) is 0.0582. The fourth-order valence-electron chi connectivity index (χ4n) is 2.65. The fraction of sp³-hybridized carbons (Fsp3) is 0.500. The van der Waals surface area contributed by atoms with Crippen molar-refractivity contribution in [2.45, 2.75) is 42.5 Å². The summed E-state index contributed by atoms with van der Waals surface area (Å²) in [6, 6.07) is 8.09. The number of carbonyl (C=O) groups is 1. The molecule has 1 saturated carbocycles. The predicted octanol–water partition coefficient (Wildman–Crippen LogP) is 1.81. The van der Waals surface area contributed by atoms with Crippen molar-refractivity contribution in [3.8, 4) is 11.8 Å². The molecule has 1 aromatic rings. The van der Waals surface area contributed by atoms with Gasteiger partial charge in [0.25, 0.3) is 5.91 Å². The lowest BCUT2D eigenvalue weighted by atomic mass is 9.83. The number of nitriles is 1. The van der Waals surface area contributed by atoms with Gasteiger partial charge in [0.1, 0.15) is 11.3 Å². The molecular formula is C16H20N2O4S. The summed E-state index contributed by atoms with van der Waals surface area (Å²) >= 11 is 0. The van der Waals surface area contributed by atoms with Crippen molar-refractivity contribution in [3.63, 3.8) is 0 Å². The van der Waals surface area contributed by atoms with E-state index < -0.39 is 15.4 Å². The molecule has 0 saturated heterocycles. The van der Waals surface area contributed by atoms with Crippen LogP contribution in [0.25, 0.3) is 0 Å². The van der Waals surface area contributed by atoms with Crippen molar-refractivity contribution >= 4 is 15.7 Å². The van der Waals surface area contributed by atoms with Crippen molar-refractivity contribution in [1.82, 2.24) is 5.32 Å². The molecule has 1 aromatic carbocycles. The first-order valence-corrected chi connectivity index (χ1v) is 9.39. The van der Waals surface area contributed by atoms with Crippen molar-refractivity contribution in [2.75, 3.05) is 12.9 Å². The lowest BCUT2D eigenvalue weighted by Gasteiger charge is -2.31. The van der Waals surface area contributed by atoms with Crippen molar-refractivity contribution in [1.29, 1.82) is 5.26 Å². The molecule has 7 heteroatoms. The first-order chi connectivity index (χ1) is 10.8. The zero-order valence-corrected chi connectivity index (χ0v) is 13.9. The third-order valence-electron chi connectivity index (χ3n) is 3.92. The molecule has 0 aliphatic heterocycles. The topological polar surface area (TPSA) is 96.3 Å². The minimum absolute atomic E-state index is 0.194. The Kier molecular flexibility index (Phi) is 5.26. The summed E-state index contributed by atoms with van der Waals surface area (Å²) in [7, 11) is -3.25. The van der Waals surface area contributed by atoms with E-state index >= 15 is 0 Å². The average molecular weight is 336 g/mol. The van der Waals surface area contributed by atoms with Gasteiger partial charge in [0.2, 0.25) is 0 Å². The average Bonchev–Trinajstić information content (AvgIpc) is 2.53. The van der Waals surface area contributed by atoms with E-state index in [1.165, 1.54) is 24.3 Å². The molecule has 0 heterocycles. The van der Waals surface area contributed by atoms with Crippen LogP contribution in [0.1, 0.15) is 32.1 Å². The molecule has 1 aliphatic rings. The van der Waals surface area contributed by atoms with E-state index in [1.54, 1.807) is 0 Å². The molecule has 0 bridgehead atoms. The minimum Gasteiger partial charge on any atom is -0.484 e. The van der Waals surface area contributed by atoms with Crippen LogP contribution in [0.5, 0.6) is 5.75 Å². The fourth-order valence-corrected chi connectivity index (χ4v) is 3.29. The minimum atomic E-state index is -3.25. The van der Waals surface area contributed by atoms with Gasteiger partial charge in [0.15, 0.2) is 16.4 Å². The number of carbonyl (C=O) groups excluding carboxylic acids is 1.